The molecule has 0 fully saturated rings. The summed E-state index contributed by atoms with van der Waals surface area (Å²) in [4.78, 5) is 11.4. The van der Waals surface area contributed by atoms with Crippen LogP contribution in [0.2, 0.25) is 0 Å². The first kappa shape index (κ1) is 9.84. The second-order valence-corrected chi connectivity index (χ2v) is 3.19. The first-order chi connectivity index (χ1) is 6.13. The molecule has 72 valence electrons. The van der Waals surface area contributed by atoms with Crippen molar-refractivity contribution >= 4 is 5.91 Å². The van der Waals surface area contributed by atoms with E-state index in [0.29, 0.717) is 5.76 Å². The number of nitrogens with one attached hydrogen (secondary N) is 1. The zero-order valence-corrected chi connectivity index (χ0v) is 8.26. The van der Waals surface area contributed by atoms with E-state index in [1.54, 1.807) is 12.1 Å². The first-order valence-corrected chi connectivity index (χ1v) is 4.50. The van der Waals surface area contributed by atoms with Gasteiger partial charge < -0.3 is 9.73 Å². The summed E-state index contributed by atoms with van der Waals surface area (Å²) in [6, 6.07) is 3.66. The lowest BCUT2D eigenvalue weighted by molar-refractivity contribution is 0.0910. The van der Waals surface area contributed by atoms with E-state index in [1.807, 2.05) is 20.8 Å². The largest absolute Gasteiger partial charge is 0.456 e. The normalized spacial score (nSPS) is 12.5. The lowest BCUT2D eigenvalue weighted by Gasteiger charge is -2.09. The number of furan rings is 1. The number of hydrogen-bond acceptors (Lipinski definition) is 2. The van der Waals surface area contributed by atoms with E-state index in [2.05, 4.69) is 5.32 Å². The number of carbonyl (C=O) groups excluding carboxylic acids is 1. The van der Waals surface area contributed by atoms with Gasteiger partial charge in [0.25, 0.3) is 5.91 Å². The topological polar surface area (TPSA) is 42.2 Å². The van der Waals surface area contributed by atoms with E-state index < -0.39 is 0 Å². The Kier molecular flexibility index (Phi) is 3.12. The fourth-order valence-corrected chi connectivity index (χ4v) is 0.954. The quantitative estimate of drug-likeness (QED) is 0.776. The van der Waals surface area contributed by atoms with Gasteiger partial charge in [0, 0.05) is 6.04 Å². The van der Waals surface area contributed by atoms with E-state index in [-0.39, 0.29) is 11.9 Å². The molecule has 1 aromatic rings. The lowest BCUT2D eigenvalue weighted by atomic mass is 10.2. The first-order valence-electron chi connectivity index (χ1n) is 4.50. The van der Waals surface area contributed by atoms with Gasteiger partial charge in [0.15, 0.2) is 5.76 Å². The van der Waals surface area contributed by atoms with Crippen LogP contribution in [-0.2, 0) is 0 Å². The van der Waals surface area contributed by atoms with Crippen LogP contribution in [0.3, 0.4) is 0 Å². The number of aryl methyl sites for hydroxylation is 1. The molecule has 0 saturated carbocycles. The summed E-state index contributed by atoms with van der Waals surface area (Å²) in [5.41, 5.74) is 0. The van der Waals surface area contributed by atoms with Crippen LogP contribution in [0.25, 0.3) is 0 Å². The van der Waals surface area contributed by atoms with Crippen molar-refractivity contribution in [1.82, 2.24) is 5.32 Å². The van der Waals surface area contributed by atoms with Crippen molar-refractivity contribution in [3.8, 4) is 0 Å². The fraction of sp³-hybridized carbons (Fsp3) is 0.500. The molecule has 3 heteroatoms. The highest BCUT2D eigenvalue weighted by Crippen LogP contribution is 2.06. The third-order valence-electron chi connectivity index (χ3n) is 1.95. The Hall–Kier alpha value is -1.25. The minimum absolute atomic E-state index is 0.137. The van der Waals surface area contributed by atoms with Crippen LogP contribution < -0.4 is 5.32 Å². The summed E-state index contributed by atoms with van der Waals surface area (Å²) in [5.74, 6) is 1.01. The molecule has 1 N–H and O–H groups in total. The number of rotatable bonds is 3. The molecule has 1 rings (SSSR count). The average molecular weight is 181 g/mol. The molecule has 0 aliphatic heterocycles. The van der Waals surface area contributed by atoms with Crippen LogP contribution in [-0.4, -0.2) is 11.9 Å². The molecule has 13 heavy (non-hydrogen) atoms. The van der Waals surface area contributed by atoms with Crippen molar-refractivity contribution in [2.24, 2.45) is 0 Å². The molecule has 0 radical (unpaired) electrons. The van der Waals surface area contributed by atoms with Crippen molar-refractivity contribution in [3.63, 3.8) is 0 Å². The maximum atomic E-state index is 11.4. The van der Waals surface area contributed by atoms with E-state index in [0.717, 1.165) is 12.2 Å². The van der Waals surface area contributed by atoms with Crippen LogP contribution in [0.5, 0.6) is 0 Å². The monoisotopic (exact) mass is 181 g/mol. The molecular formula is C10H15NO2. The molecule has 1 unspecified atom stereocenters. The Labute approximate surface area is 78.1 Å². The number of amides is 1. The van der Waals surface area contributed by atoms with Gasteiger partial charge in [-0.2, -0.15) is 0 Å². The summed E-state index contributed by atoms with van der Waals surface area (Å²) < 4.78 is 5.18. The minimum atomic E-state index is -0.137. The lowest BCUT2D eigenvalue weighted by Crippen LogP contribution is -2.31. The zero-order chi connectivity index (χ0) is 9.84. The summed E-state index contributed by atoms with van der Waals surface area (Å²) in [6.45, 7) is 5.81. The van der Waals surface area contributed by atoms with Crippen molar-refractivity contribution in [3.05, 3.63) is 23.7 Å². The molecule has 1 atom stereocenters. The summed E-state index contributed by atoms with van der Waals surface area (Å²) in [7, 11) is 0. The standard InChI is InChI=1S/C10H15NO2/c1-4-7(2)11-10(12)9-6-5-8(3)13-9/h5-7H,4H2,1-3H3,(H,11,12). The maximum Gasteiger partial charge on any atom is 0.287 e. The summed E-state index contributed by atoms with van der Waals surface area (Å²) in [6.07, 6.45) is 0.922. The Balaban J connectivity index is 2.58. The average Bonchev–Trinajstić information content (AvgIpc) is 2.51. The molecule has 0 spiro atoms. The van der Waals surface area contributed by atoms with Gasteiger partial charge in [-0.3, -0.25) is 4.79 Å². The molecule has 1 aromatic heterocycles. The van der Waals surface area contributed by atoms with Gasteiger partial charge in [-0.15, -0.1) is 0 Å². The Bertz CT molecular complexity index is 291. The van der Waals surface area contributed by atoms with Gasteiger partial charge in [0.1, 0.15) is 5.76 Å². The maximum absolute atomic E-state index is 11.4. The highest BCUT2D eigenvalue weighted by atomic mass is 16.3. The van der Waals surface area contributed by atoms with Crippen LogP contribution in [0, 0.1) is 6.92 Å². The molecule has 0 aromatic carbocycles. The molecular weight excluding hydrogens is 166 g/mol. The van der Waals surface area contributed by atoms with E-state index in [9.17, 15) is 4.79 Å². The molecule has 0 aliphatic carbocycles. The van der Waals surface area contributed by atoms with Crippen molar-refractivity contribution in [2.45, 2.75) is 33.2 Å². The molecule has 0 bridgehead atoms. The van der Waals surface area contributed by atoms with Gasteiger partial charge in [-0.05, 0) is 32.4 Å². The second kappa shape index (κ2) is 4.12. The van der Waals surface area contributed by atoms with Gasteiger partial charge in [0.2, 0.25) is 0 Å². The molecule has 3 nitrogen and oxygen atoms in total. The van der Waals surface area contributed by atoms with Crippen LogP contribution in [0.4, 0.5) is 0 Å². The molecule has 1 amide bonds. The Morgan fingerprint density at radius 1 is 1.62 bits per heavy atom. The van der Waals surface area contributed by atoms with Gasteiger partial charge in [-0.1, -0.05) is 6.92 Å². The third kappa shape index (κ3) is 2.61. The molecule has 1 heterocycles. The van der Waals surface area contributed by atoms with Gasteiger partial charge in [-0.25, -0.2) is 0 Å². The number of carbonyl (C=O) groups is 1. The minimum Gasteiger partial charge on any atom is -0.456 e. The number of hydrogen-bond donors (Lipinski definition) is 1. The highest BCUT2D eigenvalue weighted by Gasteiger charge is 2.11. The molecule has 0 saturated heterocycles. The summed E-state index contributed by atoms with van der Waals surface area (Å²) in [5, 5.41) is 2.83. The van der Waals surface area contributed by atoms with Crippen LogP contribution in [0.15, 0.2) is 16.5 Å². The highest BCUT2D eigenvalue weighted by molar-refractivity contribution is 5.91. The third-order valence-corrected chi connectivity index (χ3v) is 1.95. The SMILES string of the molecule is CCC(C)NC(=O)c1ccc(C)o1. The Morgan fingerprint density at radius 3 is 2.77 bits per heavy atom. The van der Waals surface area contributed by atoms with E-state index in [1.165, 1.54) is 0 Å². The van der Waals surface area contributed by atoms with Gasteiger partial charge in [0.05, 0.1) is 0 Å². The summed E-state index contributed by atoms with van der Waals surface area (Å²) >= 11 is 0. The second-order valence-electron chi connectivity index (χ2n) is 3.19. The predicted molar refractivity (Wildman–Crippen MR) is 50.7 cm³/mol. The fourth-order valence-electron chi connectivity index (χ4n) is 0.954. The predicted octanol–water partition coefficient (Wildman–Crippen LogP) is 2.12. The smallest absolute Gasteiger partial charge is 0.287 e. The van der Waals surface area contributed by atoms with E-state index in [4.69, 9.17) is 4.42 Å². The van der Waals surface area contributed by atoms with Gasteiger partial charge >= 0.3 is 0 Å². The molecule has 0 aliphatic rings. The Morgan fingerprint density at radius 2 is 2.31 bits per heavy atom. The zero-order valence-electron chi connectivity index (χ0n) is 8.26. The van der Waals surface area contributed by atoms with Crippen LogP contribution >= 0.6 is 0 Å². The van der Waals surface area contributed by atoms with Crippen molar-refractivity contribution < 1.29 is 9.21 Å². The van der Waals surface area contributed by atoms with Crippen LogP contribution in [0.1, 0.15) is 36.6 Å². The van der Waals surface area contributed by atoms with Crippen molar-refractivity contribution in [2.75, 3.05) is 0 Å². The van der Waals surface area contributed by atoms with Crippen molar-refractivity contribution in [1.29, 1.82) is 0 Å². The van der Waals surface area contributed by atoms with E-state index >= 15 is 0 Å².